The van der Waals surface area contributed by atoms with E-state index in [9.17, 15) is 18.0 Å². The fourth-order valence-electron chi connectivity index (χ4n) is 1.34. The summed E-state index contributed by atoms with van der Waals surface area (Å²) in [5.74, 6) is -1.66. The van der Waals surface area contributed by atoms with Gasteiger partial charge in [0.2, 0.25) is 0 Å². The van der Waals surface area contributed by atoms with Gasteiger partial charge in [0, 0.05) is 5.69 Å². The van der Waals surface area contributed by atoms with E-state index in [-0.39, 0.29) is 9.90 Å². The number of H-pyrrole nitrogens is 1. The molecular formula is C9H14N2O5S2. The van der Waals surface area contributed by atoms with Crippen LogP contribution < -0.4 is 9.60 Å². The molecule has 0 spiro atoms. The van der Waals surface area contributed by atoms with Crippen LogP contribution in [0, 0.1) is 12.8 Å². The molecule has 1 atom stereocenters. The molecule has 0 bridgehead atoms. The lowest BCUT2D eigenvalue weighted by molar-refractivity contribution is -0.140. The Morgan fingerprint density at radius 2 is 2.00 bits per heavy atom. The summed E-state index contributed by atoms with van der Waals surface area (Å²) in [6.07, 6.45) is 0. The predicted octanol–water partition coefficient (Wildman–Crippen LogP) is 0.132. The van der Waals surface area contributed by atoms with Crippen LogP contribution in [-0.4, -0.2) is 30.5 Å². The average molecular weight is 294 g/mol. The molecule has 0 radical (unpaired) electrons. The van der Waals surface area contributed by atoms with E-state index in [4.69, 9.17) is 5.11 Å². The quantitative estimate of drug-likeness (QED) is 0.714. The normalized spacial score (nSPS) is 13.8. The van der Waals surface area contributed by atoms with Gasteiger partial charge in [-0.3, -0.25) is 9.59 Å². The summed E-state index contributed by atoms with van der Waals surface area (Å²) in [6, 6.07) is -1.23. The number of nitrogens with one attached hydrogen (secondary N) is 2. The first-order valence-electron chi connectivity index (χ1n) is 5.10. The summed E-state index contributed by atoms with van der Waals surface area (Å²) in [6.45, 7) is 4.62. The van der Waals surface area contributed by atoms with Crippen LogP contribution in [0.4, 0.5) is 0 Å². The van der Waals surface area contributed by atoms with Crippen LogP contribution in [0.1, 0.15) is 19.5 Å². The second kappa shape index (κ2) is 5.21. The first-order valence-corrected chi connectivity index (χ1v) is 7.40. The van der Waals surface area contributed by atoms with Gasteiger partial charge in [-0.25, -0.2) is 8.42 Å². The molecule has 3 N–H and O–H groups in total. The SMILES string of the molecule is Cc1[nH]c(=O)sc1S(=O)(=O)N[C@H](C(=O)O)C(C)C. The highest BCUT2D eigenvalue weighted by Crippen LogP contribution is 2.17. The van der Waals surface area contributed by atoms with Crippen molar-refractivity contribution >= 4 is 27.3 Å². The summed E-state index contributed by atoms with van der Waals surface area (Å²) >= 11 is 0.532. The number of rotatable bonds is 5. The Kier molecular flexibility index (Phi) is 4.30. The Morgan fingerprint density at radius 3 is 2.33 bits per heavy atom. The third-order valence-corrected chi connectivity index (χ3v) is 5.29. The van der Waals surface area contributed by atoms with Crippen molar-refractivity contribution in [2.45, 2.75) is 31.0 Å². The second-order valence-electron chi connectivity index (χ2n) is 4.11. The number of carboxylic acids is 1. The van der Waals surface area contributed by atoms with Gasteiger partial charge in [0.15, 0.2) is 4.21 Å². The summed E-state index contributed by atoms with van der Waals surface area (Å²) in [5.41, 5.74) is 0.199. The first kappa shape index (κ1) is 14.9. The molecule has 0 aliphatic carbocycles. The summed E-state index contributed by atoms with van der Waals surface area (Å²) in [4.78, 5) is 23.9. The fraction of sp³-hybridized carbons (Fsp3) is 0.556. The Labute approximate surface area is 108 Å². The minimum absolute atomic E-state index is 0.181. The zero-order valence-corrected chi connectivity index (χ0v) is 11.7. The highest BCUT2D eigenvalue weighted by Gasteiger charge is 2.30. The van der Waals surface area contributed by atoms with Crippen LogP contribution in [0.25, 0.3) is 0 Å². The zero-order chi connectivity index (χ0) is 14.1. The van der Waals surface area contributed by atoms with E-state index in [0.717, 1.165) is 0 Å². The molecule has 0 fully saturated rings. The van der Waals surface area contributed by atoms with Crippen molar-refractivity contribution in [2.24, 2.45) is 5.92 Å². The maximum atomic E-state index is 12.0. The molecule has 1 rings (SSSR count). The minimum Gasteiger partial charge on any atom is -0.480 e. The van der Waals surface area contributed by atoms with Crippen molar-refractivity contribution in [3.63, 3.8) is 0 Å². The molecule has 0 saturated heterocycles. The molecule has 0 aromatic carbocycles. The van der Waals surface area contributed by atoms with Crippen LogP contribution in [0.15, 0.2) is 9.00 Å². The number of aliphatic carboxylic acids is 1. The molecule has 102 valence electrons. The van der Waals surface area contributed by atoms with E-state index < -0.39 is 32.8 Å². The maximum Gasteiger partial charge on any atom is 0.322 e. The molecule has 0 aliphatic rings. The second-order valence-corrected chi connectivity index (χ2v) is 7.00. The summed E-state index contributed by atoms with van der Waals surface area (Å²) in [7, 11) is -4.00. The van der Waals surface area contributed by atoms with Crippen LogP contribution >= 0.6 is 11.3 Å². The van der Waals surface area contributed by atoms with Crippen LogP contribution in [0.5, 0.6) is 0 Å². The van der Waals surface area contributed by atoms with Gasteiger partial charge < -0.3 is 10.1 Å². The lowest BCUT2D eigenvalue weighted by atomic mass is 10.1. The molecule has 0 unspecified atom stereocenters. The van der Waals surface area contributed by atoms with Crippen molar-refractivity contribution in [2.75, 3.05) is 0 Å². The standard InChI is InChI=1S/C9H14N2O5S2/c1-4(2)6(7(12)13)11-18(15,16)8-5(3)10-9(14)17-8/h4,6,11H,1-3H3,(H,10,14)(H,12,13)/t6-/m0/s1. The number of hydrogen-bond donors (Lipinski definition) is 3. The van der Waals surface area contributed by atoms with Gasteiger partial charge >= 0.3 is 10.8 Å². The van der Waals surface area contributed by atoms with E-state index in [1.54, 1.807) is 13.8 Å². The summed E-state index contributed by atoms with van der Waals surface area (Å²) < 4.78 is 25.8. The lowest BCUT2D eigenvalue weighted by Gasteiger charge is -2.17. The number of aryl methyl sites for hydroxylation is 1. The Balaban J connectivity index is 3.12. The van der Waals surface area contributed by atoms with E-state index in [1.165, 1.54) is 6.92 Å². The lowest BCUT2D eigenvalue weighted by Crippen LogP contribution is -2.44. The Hall–Kier alpha value is -1.19. The third kappa shape index (κ3) is 3.18. The van der Waals surface area contributed by atoms with Crippen molar-refractivity contribution in [1.82, 2.24) is 9.71 Å². The van der Waals surface area contributed by atoms with Gasteiger partial charge in [0.25, 0.3) is 10.0 Å². The smallest absolute Gasteiger partial charge is 0.322 e. The van der Waals surface area contributed by atoms with Gasteiger partial charge in [0.05, 0.1) is 0 Å². The zero-order valence-electron chi connectivity index (χ0n) is 10.1. The molecule has 9 heteroatoms. The largest absolute Gasteiger partial charge is 0.480 e. The molecule has 1 heterocycles. The molecule has 1 aromatic rings. The molecule has 0 amide bonds. The van der Waals surface area contributed by atoms with Crippen molar-refractivity contribution in [3.8, 4) is 0 Å². The number of carbonyl (C=O) groups is 1. The third-order valence-electron chi connectivity index (χ3n) is 2.24. The molecule has 7 nitrogen and oxygen atoms in total. The van der Waals surface area contributed by atoms with Crippen molar-refractivity contribution in [3.05, 3.63) is 15.4 Å². The molecule has 0 aliphatic heterocycles. The topological polar surface area (TPSA) is 116 Å². The number of carboxylic acid groups (broad SMARTS) is 1. The highest BCUT2D eigenvalue weighted by atomic mass is 32.2. The van der Waals surface area contributed by atoms with Crippen molar-refractivity contribution in [1.29, 1.82) is 0 Å². The number of aromatic nitrogens is 1. The highest BCUT2D eigenvalue weighted by molar-refractivity contribution is 7.91. The molecule has 1 aromatic heterocycles. The van der Waals surface area contributed by atoms with Crippen LogP contribution in [-0.2, 0) is 14.8 Å². The Morgan fingerprint density at radius 1 is 1.44 bits per heavy atom. The van der Waals surface area contributed by atoms with Gasteiger partial charge in [0.1, 0.15) is 6.04 Å². The van der Waals surface area contributed by atoms with E-state index in [1.807, 2.05) is 0 Å². The molecule has 0 saturated carbocycles. The number of hydrogen-bond acceptors (Lipinski definition) is 5. The van der Waals surface area contributed by atoms with Crippen molar-refractivity contribution < 1.29 is 18.3 Å². The average Bonchev–Trinajstić information content (AvgIpc) is 2.54. The van der Waals surface area contributed by atoms with Crippen LogP contribution in [0.2, 0.25) is 0 Å². The fourth-order valence-corrected chi connectivity index (χ4v) is 3.99. The number of aromatic amines is 1. The maximum absolute atomic E-state index is 12.0. The summed E-state index contributed by atoms with van der Waals surface area (Å²) in [5, 5.41) is 8.94. The first-order chi connectivity index (χ1) is 8.15. The number of sulfonamides is 1. The van der Waals surface area contributed by atoms with E-state index >= 15 is 0 Å². The van der Waals surface area contributed by atoms with Gasteiger partial charge in [-0.1, -0.05) is 25.2 Å². The van der Waals surface area contributed by atoms with Gasteiger partial charge in [-0.15, -0.1) is 0 Å². The monoisotopic (exact) mass is 294 g/mol. The Bertz CT molecular complexity index is 599. The molecular weight excluding hydrogens is 280 g/mol. The van der Waals surface area contributed by atoms with Crippen LogP contribution in [0.3, 0.4) is 0 Å². The molecule has 18 heavy (non-hydrogen) atoms. The minimum atomic E-state index is -4.00. The van der Waals surface area contributed by atoms with Gasteiger partial charge in [-0.2, -0.15) is 4.72 Å². The van der Waals surface area contributed by atoms with E-state index in [2.05, 4.69) is 9.71 Å². The predicted molar refractivity (Wildman–Crippen MR) is 66.3 cm³/mol. The number of thiazole rings is 1. The van der Waals surface area contributed by atoms with E-state index in [0.29, 0.717) is 11.3 Å². The van der Waals surface area contributed by atoms with Gasteiger partial charge in [-0.05, 0) is 12.8 Å².